The molecule has 1 amide bonds. The number of thiophene rings is 1. The lowest BCUT2D eigenvalue weighted by Crippen LogP contribution is -2.25. The van der Waals surface area contributed by atoms with Crippen molar-refractivity contribution in [2.24, 2.45) is 5.92 Å². The maximum Gasteiger partial charge on any atom is 0.416 e. The highest BCUT2D eigenvalue weighted by Crippen LogP contribution is 2.37. The number of carbonyl (C=O) groups is 2. The molecule has 1 heterocycles. The number of hydrogen-bond acceptors (Lipinski definition) is 5. The van der Waals surface area contributed by atoms with E-state index in [2.05, 4.69) is 23.9 Å². The van der Waals surface area contributed by atoms with Crippen molar-refractivity contribution >= 4 is 23.2 Å². The first-order valence-corrected chi connectivity index (χ1v) is 13.1. The molecule has 0 aliphatic heterocycles. The fourth-order valence-electron chi connectivity index (χ4n) is 4.20. The first-order chi connectivity index (χ1) is 17.9. The molecule has 38 heavy (non-hydrogen) atoms. The van der Waals surface area contributed by atoms with Crippen LogP contribution in [0.5, 0.6) is 5.75 Å². The quantitative estimate of drug-likeness (QED) is 0.267. The van der Waals surface area contributed by atoms with Crippen LogP contribution in [0.2, 0.25) is 0 Å². The number of benzene rings is 2. The zero-order valence-corrected chi connectivity index (χ0v) is 22.9. The smallest absolute Gasteiger partial charge is 0.416 e. The minimum atomic E-state index is -4.38. The van der Waals surface area contributed by atoms with E-state index in [-0.39, 0.29) is 25.0 Å². The van der Waals surface area contributed by atoms with E-state index in [0.29, 0.717) is 22.1 Å². The van der Waals surface area contributed by atoms with Gasteiger partial charge in [0.2, 0.25) is 0 Å². The summed E-state index contributed by atoms with van der Waals surface area (Å²) in [5.74, 6) is 0.324. The second kappa shape index (κ2) is 12.5. The number of carbonyl (C=O) groups excluding carboxylic acids is 2. The van der Waals surface area contributed by atoms with E-state index < -0.39 is 17.7 Å². The molecule has 5 nitrogen and oxygen atoms in total. The third-order valence-electron chi connectivity index (χ3n) is 5.98. The van der Waals surface area contributed by atoms with Crippen LogP contribution in [0.3, 0.4) is 0 Å². The number of alkyl halides is 3. The van der Waals surface area contributed by atoms with Gasteiger partial charge in [-0.15, -0.1) is 11.3 Å². The van der Waals surface area contributed by atoms with Gasteiger partial charge in [-0.2, -0.15) is 13.2 Å². The van der Waals surface area contributed by atoms with Crippen molar-refractivity contribution in [2.75, 3.05) is 13.7 Å². The lowest BCUT2D eigenvalue weighted by atomic mass is 9.94. The maximum absolute atomic E-state index is 13.0. The molecule has 0 aliphatic rings. The molecule has 1 aromatic heterocycles. The number of amides is 1. The van der Waals surface area contributed by atoms with Gasteiger partial charge in [0, 0.05) is 11.4 Å². The maximum atomic E-state index is 13.0. The summed E-state index contributed by atoms with van der Waals surface area (Å²) in [4.78, 5) is 25.2. The van der Waals surface area contributed by atoms with E-state index in [1.54, 1.807) is 6.07 Å². The summed E-state index contributed by atoms with van der Waals surface area (Å²) >= 11 is 1.34. The van der Waals surface area contributed by atoms with E-state index in [0.717, 1.165) is 40.1 Å². The Hall–Kier alpha value is -3.33. The lowest BCUT2D eigenvalue weighted by molar-refractivity contribution is -0.140. The Kier molecular flexibility index (Phi) is 9.60. The van der Waals surface area contributed by atoms with Crippen LogP contribution < -0.4 is 10.1 Å². The predicted octanol–water partition coefficient (Wildman–Crippen LogP) is 7.51. The van der Waals surface area contributed by atoms with Crippen LogP contribution in [-0.2, 0) is 15.7 Å². The zero-order chi connectivity index (χ0) is 28.0. The molecule has 1 N–H and O–H groups in total. The van der Waals surface area contributed by atoms with Crippen molar-refractivity contribution in [3.8, 4) is 16.9 Å². The van der Waals surface area contributed by atoms with Gasteiger partial charge in [-0.25, -0.2) is 0 Å². The Morgan fingerprint density at radius 1 is 1.00 bits per heavy atom. The molecule has 1 atom stereocenters. The van der Waals surface area contributed by atoms with Gasteiger partial charge in [0.05, 0.1) is 24.0 Å². The highest BCUT2D eigenvalue weighted by atomic mass is 32.1. The van der Waals surface area contributed by atoms with Crippen LogP contribution in [0.15, 0.2) is 48.5 Å². The molecular weight excluding hydrogens is 515 g/mol. The molecule has 0 saturated heterocycles. The third-order valence-corrected chi connectivity index (χ3v) is 7.16. The Labute approximate surface area is 225 Å². The molecule has 0 saturated carbocycles. The molecule has 0 bridgehead atoms. The Morgan fingerprint density at radius 2 is 1.63 bits per heavy atom. The van der Waals surface area contributed by atoms with E-state index in [9.17, 15) is 22.8 Å². The van der Waals surface area contributed by atoms with Crippen LogP contribution in [0.25, 0.3) is 11.1 Å². The molecule has 3 aromatic rings. The van der Waals surface area contributed by atoms with Crippen molar-refractivity contribution in [1.29, 1.82) is 0 Å². The van der Waals surface area contributed by atoms with Crippen LogP contribution in [0.1, 0.15) is 64.0 Å². The predicted molar refractivity (Wildman–Crippen MR) is 142 cm³/mol. The summed E-state index contributed by atoms with van der Waals surface area (Å²) in [5.41, 5.74) is 2.67. The highest BCUT2D eigenvalue weighted by Gasteiger charge is 2.30. The molecule has 3 rings (SSSR count). The number of methoxy groups -OCH3 is 1. The van der Waals surface area contributed by atoms with Crippen molar-refractivity contribution < 1.29 is 32.2 Å². The van der Waals surface area contributed by atoms with Crippen LogP contribution in [0.4, 0.5) is 13.2 Å². The van der Waals surface area contributed by atoms with Crippen molar-refractivity contribution in [1.82, 2.24) is 5.32 Å². The van der Waals surface area contributed by atoms with E-state index in [1.807, 2.05) is 32.0 Å². The van der Waals surface area contributed by atoms with Gasteiger partial charge in [-0.3, -0.25) is 9.59 Å². The van der Waals surface area contributed by atoms with Gasteiger partial charge >= 0.3 is 12.1 Å². The number of hydrogen-bond donors (Lipinski definition) is 1. The van der Waals surface area contributed by atoms with E-state index in [1.165, 1.54) is 30.6 Å². The minimum Gasteiger partial charge on any atom is -0.485 e. The molecule has 0 radical (unpaired) electrons. The van der Waals surface area contributed by atoms with E-state index in [4.69, 9.17) is 4.74 Å². The number of rotatable bonds is 10. The summed E-state index contributed by atoms with van der Waals surface area (Å²) in [5, 5.41) is 2.72. The summed E-state index contributed by atoms with van der Waals surface area (Å²) in [6.45, 7) is 8.19. The monoisotopic (exact) mass is 547 g/mol. The molecule has 9 heteroatoms. The fourth-order valence-corrected chi connectivity index (χ4v) is 5.17. The molecule has 0 unspecified atom stereocenters. The number of halogens is 3. The topological polar surface area (TPSA) is 64.6 Å². The summed E-state index contributed by atoms with van der Waals surface area (Å²) in [6.07, 6.45) is -3.84. The average Bonchev–Trinajstić information content (AvgIpc) is 3.33. The second-order valence-electron chi connectivity index (χ2n) is 9.53. The largest absolute Gasteiger partial charge is 0.485 e. The molecule has 2 aromatic carbocycles. The van der Waals surface area contributed by atoms with Gasteiger partial charge in [0.15, 0.2) is 0 Å². The third kappa shape index (κ3) is 7.60. The molecule has 0 spiro atoms. The van der Waals surface area contributed by atoms with Crippen LogP contribution in [0, 0.1) is 19.8 Å². The number of esters is 1. The molecule has 0 aliphatic carbocycles. The van der Waals surface area contributed by atoms with Crippen molar-refractivity contribution in [2.45, 2.75) is 52.8 Å². The van der Waals surface area contributed by atoms with Gasteiger partial charge < -0.3 is 14.8 Å². The molecule has 0 fully saturated rings. The van der Waals surface area contributed by atoms with E-state index >= 15 is 0 Å². The normalized spacial score (nSPS) is 12.3. The van der Waals surface area contributed by atoms with Crippen LogP contribution >= 0.6 is 11.3 Å². The summed E-state index contributed by atoms with van der Waals surface area (Å²) in [7, 11) is 1.30. The Balaban J connectivity index is 1.79. The first kappa shape index (κ1) is 29.2. The molecule has 204 valence electrons. The summed E-state index contributed by atoms with van der Waals surface area (Å²) in [6, 6.07) is 12.6. The van der Waals surface area contributed by atoms with Crippen molar-refractivity contribution in [3.63, 3.8) is 0 Å². The van der Waals surface area contributed by atoms with Gasteiger partial charge in [0.25, 0.3) is 5.91 Å². The molecular formula is C29H32F3NO4S. The summed E-state index contributed by atoms with van der Waals surface area (Å²) < 4.78 is 49.9. The lowest BCUT2D eigenvalue weighted by Gasteiger charge is -2.22. The Morgan fingerprint density at radius 3 is 2.18 bits per heavy atom. The first-order valence-electron chi connectivity index (χ1n) is 12.3. The average molecular weight is 548 g/mol. The van der Waals surface area contributed by atoms with Gasteiger partial charge in [0.1, 0.15) is 11.9 Å². The van der Waals surface area contributed by atoms with Crippen LogP contribution in [-0.4, -0.2) is 25.5 Å². The SMILES string of the molecule is COC(=O)CCNC(=O)c1ccc([C@@H](CC(C)C)Oc2cc(C)c(-c3ccc(C(F)(F)F)cc3)c(C)c2)s1. The highest BCUT2D eigenvalue weighted by molar-refractivity contribution is 7.14. The second-order valence-corrected chi connectivity index (χ2v) is 10.6. The Bertz CT molecular complexity index is 1240. The number of nitrogens with one attached hydrogen (secondary N) is 1. The van der Waals surface area contributed by atoms with Gasteiger partial charge in [-0.05, 0) is 84.8 Å². The zero-order valence-electron chi connectivity index (χ0n) is 22.1. The fraction of sp³-hybridized carbons (Fsp3) is 0.379. The minimum absolute atomic E-state index is 0.0979. The number of aryl methyl sites for hydroxylation is 2. The number of ether oxygens (including phenoxy) is 2. The van der Waals surface area contributed by atoms with Gasteiger partial charge in [-0.1, -0.05) is 26.0 Å². The standard InChI is InChI=1S/C29H32F3NO4S/c1-17(2)14-23(24-10-11-25(38-24)28(35)33-13-12-26(34)36-5)37-22-15-18(3)27(19(4)16-22)20-6-8-21(9-7-20)29(30,31)32/h6-11,15-17,23H,12-14H2,1-5H3,(H,33,35)/t23-/m1/s1. The van der Waals surface area contributed by atoms with Crippen molar-refractivity contribution in [3.05, 3.63) is 75.0 Å².